The predicted molar refractivity (Wildman–Crippen MR) is 83.3 cm³/mol. The molecule has 0 bridgehead atoms. The number of carbonyl (C=O) groups is 1. The van der Waals surface area contributed by atoms with Crippen molar-refractivity contribution in [1.29, 1.82) is 0 Å². The van der Waals surface area contributed by atoms with E-state index in [2.05, 4.69) is 0 Å². The van der Waals surface area contributed by atoms with Crippen LogP contribution in [0.1, 0.15) is 28.4 Å². The molecule has 22 heavy (non-hydrogen) atoms. The number of aliphatic hydroxyl groups is 2. The van der Waals surface area contributed by atoms with Gasteiger partial charge in [0.25, 0.3) is 5.91 Å². The van der Waals surface area contributed by atoms with E-state index in [1.165, 1.54) is 0 Å². The van der Waals surface area contributed by atoms with Crippen LogP contribution in [0, 0.1) is 0 Å². The van der Waals surface area contributed by atoms with Crippen LogP contribution in [0.4, 0.5) is 0 Å². The van der Waals surface area contributed by atoms with Gasteiger partial charge in [-0.25, -0.2) is 0 Å². The van der Waals surface area contributed by atoms with Crippen molar-refractivity contribution in [2.45, 2.75) is 24.7 Å². The lowest BCUT2D eigenvalue weighted by Crippen LogP contribution is -2.39. The lowest BCUT2D eigenvalue weighted by atomic mass is 9.99. The Morgan fingerprint density at radius 3 is 2.27 bits per heavy atom. The van der Waals surface area contributed by atoms with Crippen LogP contribution >= 0.6 is 0 Å². The molecule has 4 heteroatoms. The summed E-state index contributed by atoms with van der Waals surface area (Å²) in [5.41, 5.74) is 1.33. The lowest BCUT2D eigenvalue weighted by molar-refractivity contribution is 0.0485. The minimum absolute atomic E-state index is 0.155. The average Bonchev–Trinajstić information content (AvgIpc) is 2.97. The molecule has 1 aliphatic heterocycles. The molecule has 1 unspecified atom stereocenters. The van der Waals surface area contributed by atoms with E-state index in [4.69, 9.17) is 0 Å². The van der Waals surface area contributed by atoms with Crippen molar-refractivity contribution in [2.75, 3.05) is 6.54 Å². The molecule has 1 amide bonds. The van der Waals surface area contributed by atoms with Gasteiger partial charge in [0, 0.05) is 12.1 Å². The molecule has 3 atom stereocenters. The minimum atomic E-state index is -0.800. The molecule has 1 saturated heterocycles. The number of hydrogen-bond donors (Lipinski definition) is 2. The fourth-order valence-electron chi connectivity index (χ4n) is 2.99. The van der Waals surface area contributed by atoms with Crippen LogP contribution in [-0.4, -0.2) is 39.7 Å². The monoisotopic (exact) mass is 297 g/mol. The largest absolute Gasteiger partial charge is 0.391 e. The molecule has 1 aliphatic rings. The number of benzene rings is 2. The first-order valence-corrected chi connectivity index (χ1v) is 7.44. The van der Waals surface area contributed by atoms with Crippen LogP contribution in [0.25, 0.3) is 0 Å². The third-order valence-corrected chi connectivity index (χ3v) is 4.11. The molecule has 0 aliphatic carbocycles. The zero-order valence-corrected chi connectivity index (χ0v) is 12.2. The SMILES string of the molecule is O=C(c1ccccc1)N1C[C@@H](O)C[C@H]1C(O)c1ccccc1. The number of nitrogens with zero attached hydrogens (tertiary/aromatic N) is 1. The summed E-state index contributed by atoms with van der Waals surface area (Å²) in [6, 6.07) is 17.8. The van der Waals surface area contributed by atoms with Crippen molar-refractivity contribution in [2.24, 2.45) is 0 Å². The van der Waals surface area contributed by atoms with Crippen molar-refractivity contribution < 1.29 is 15.0 Å². The fourth-order valence-corrected chi connectivity index (χ4v) is 2.99. The average molecular weight is 297 g/mol. The number of aliphatic hydroxyl groups excluding tert-OH is 2. The number of rotatable bonds is 3. The van der Waals surface area contributed by atoms with Gasteiger partial charge in [-0.1, -0.05) is 48.5 Å². The number of amides is 1. The van der Waals surface area contributed by atoms with E-state index in [-0.39, 0.29) is 12.5 Å². The zero-order valence-electron chi connectivity index (χ0n) is 12.2. The molecule has 2 aromatic rings. The Morgan fingerprint density at radius 1 is 1.05 bits per heavy atom. The minimum Gasteiger partial charge on any atom is -0.391 e. The van der Waals surface area contributed by atoms with Crippen LogP contribution in [0.15, 0.2) is 60.7 Å². The molecular formula is C18H19NO3. The molecule has 0 saturated carbocycles. The van der Waals surface area contributed by atoms with Gasteiger partial charge in [0.05, 0.1) is 18.2 Å². The molecule has 2 aromatic carbocycles. The van der Waals surface area contributed by atoms with Gasteiger partial charge in [-0.3, -0.25) is 4.79 Å². The Kier molecular flexibility index (Phi) is 4.22. The molecule has 114 valence electrons. The Morgan fingerprint density at radius 2 is 1.64 bits per heavy atom. The van der Waals surface area contributed by atoms with E-state index >= 15 is 0 Å². The topological polar surface area (TPSA) is 60.8 Å². The Hall–Kier alpha value is -2.17. The van der Waals surface area contributed by atoms with Crippen LogP contribution in [0.3, 0.4) is 0 Å². The van der Waals surface area contributed by atoms with Gasteiger partial charge in [-0.2, -0.15) is 0 Å². The fraction of sp³-hybridized carbons (Fsp3) is 0.278. The molecule has 0 radical (unpaired) electrons. The van der Waals surface area contributed by atoms with Gasteiger partial charge in [0.15, 0.2) is 0 Å². The summed E-state index contributed by atoms with van der Waals surface area (Å²) in [5.74, 6) is -0.155. The van der Waals surface area contributed by atoms with Gasteiger partial charge >= 0.3 is 0 Å². The standard InChI is InChI=1S/C18H19NO3/c20-15-11-16(17(21)13-7-3-1-4-8-13)19(12-15)18(22)14-9-5-2-6-10-14/h1-10,15-17,20-21H,11-12H2/t15-,16-,17?/m0/s1. The molecule has 0 spiro atoms. The van der Waals surface area contributed by atoms with Crippen molar-refractivity contribution in [3.63, 3.8) is 0 Å². The molecule has 1 heterocycles. The van der Waals surface area contributed by atoms with Gasteiger partial charge in [0.1, 0.15) is 0 Å². The van der Waals surface area contributed by atoms with Gasteiger partial charge < -0.3 is 15.1 Å². The Labute approximate surface area is 129 Å². The van der Waals surface area contributed by atoms with Crippen molar-refractivity contribution in [3.05, 3.63) is 71.8 Å². The molecule has 4 nitrogen and oxygen atoms in total. The second-order valence-corrected chi connectivity index (χ2v) is 5.64. The van der Waals surface area contributed by atoms with Crippen LogP contribution in [0.2, 0.25) is 0 Å². The summed E-state index contributed by atoms with van der Waals surface area (Å²) < 4.78 is 0. The predicted octanol–water partition coefficient (Wildman–Crippen LogP) is 2.00. The highest BCUT2D eigenvalue weighted by Crippen LogP contribution is 2.30. The first kappa shape index (κ1) is 14.8. The van der Waals surface area contributed by atoms with Crippen LogP contribution in [0.5, 0.6) is 0 Å². The number of likely N-dealkylation sites (tertiary alicyclic amines) is 1. The van der Waals surface area contributed by atoms with Crippen molar-refractivity contribution >= 4 is 5.91 Å². The number of hydrogen-bond acceptors (Lipinski definition) is 3. The van der Waals surface area contributed by atoms with E-state index in [0.29, 0.717) is 12.0 Å². The molecule has 0 aromatic heterocycles. The van der Waals surface area contributed by atoms with Crippen molar-refractivity contribution in [1.82, 2.24) is 4.90 Å². The smallest absolute Gasteiger partial charge is 0.254 e. The van der Waals surface area contributed by atoms with E-state index in [1.54, 1.807) is 17.0 Å². The number of carbonyl (C=O) groups excluding carboxylic acids is 1. The highest BCUT2D eigenvalue weighted by molar-refractivity contribution is 5.94. The quantitative estimate of drug-likeness (QED) is 0.911. The van der Waals surface area contributed by atoms with E-state index in [9.17, 15) is 15.0 Å². The Bertz CT molecular complexity index is 629. The van der Waals surface area contributed by atoms with Gasteiger partial charge in [-0.05, 0) is 24.1 Å². The molecule has 2 N–H and O–H groups in total. The third-order valence-electron chi connectivity index (χ3n) is 4.11. The maximum absolute atomic E-state index is 12.6. The van der Waals surface area contributed by atoms with E-state index in [0.717, 1.165) is 5.56 Å². The summed E-state index contributed by atoms with van der Waals surface area (Å²) in [5, 5.41) is 20.6. The van der Waals surface area contributed by atoms with E-state index in [1.807, 2.05) is 48.5 Å². The second kappa shape index (κ2) is 6.30. The summed E-state index contributed by atoms with van der Waals surface area (Å²) in [4.78, 5) is 14.2. The Balaban J connectivity index is 1.85. The van der Waals surface area contributed by atoms with E-state index < -0.39 is 18.2 Å². The van der Waals surface area contributed by atoms with Crippen molar-refractivity contribution in [3.8, 4) is 0 Å². The first-order valence-electron chi connectivity index (χ1n) is 7.44. The summed E-state index contributed by atoms with van der Waals surface area (Å²) in [6.45, 7) is 0.252. The highest BCUT2D eigenvalue weighted by Gasteiger charge is 2.39. The maximum Gasteiger partial charge on any atom is 0.254 e. The van der Waals surface area contributed by atoms with Gasteiger partial charge in [-0.15, -0.1) is 0 Å². The van der Waals surface area contributed by atoms with Crippen LogP contribution < -0.4 is 0 Å². The normalized spacial score (nSPS) is 22.5. The molecular weight excluding hydrogens is 278 g/mol. The molecule has 3 rings (SSSR count). The number of β-amino-alcohol motifs (C(OH)–C–C–N with tert-alkyl or cyclic N) is 1. The summed E-state index contributed by atoms with van der Waals surface area (Å²) in [7, 11) is 0. The summed E-state index contributed by atoms with van der Waals surface area (Å²) >= 11 is 0. The first-order chi connectivity index (χ1) is 10.7. The lowest BCUT2D eigenvalue weighted by Gasteiger charge is -2.28. The third kappa shape index (κ3) is 2.89. The highest BCUT2D eigenvalue weighted by atomic mass is 16.3. The maximum atomic E-state index is 12.6. The summed E-state index contributed by atoms with van der Waals surface area (Å²) in [6.07, 6.45) is -1.02. The molecule has 1 fully saturated rings. The van der Waals surface area contributed by atoms with Gasteiger partial charge in [0.2, 0.25) is 0 Å². The van der Waals surface area contributed by atoms with Crippen LogP contribution in [-0.2, 0) is 0 Å². The second-order valence-electron chi connectivity index (χ2n) is 5.64. The zero-order chi connectivity index (χ0) is 15.5.